The van der Waals surface area contributed by atoms with Gasteiger partial charge in [-0.2, -0.15) is 0 Å². The van der Waals surface area contributed by atoms with Crippen molar-refractivity contribution in [1.82, 2.24) is 10.6 Å². The Balaban J connectivity index is 1.90. The third-order valence-electron chi connectivity index (χ3n) is 3.81. The molecular formula is C12H22N2O3. The number of amides is 1. The molecule has 17 heavy (non-hydrogen) atoms. The maximum atomic E-state index is 12.1. The first kappa shape index (κ1) is 12.8. The summed E-state index contributed by atoms with van der Waals surface area (Å²) >= 11 is 0. The van der Waals surface area contributed by atoms with Crippen molar-refractivity contribution < 1.29 is 14.6 Å². The number of piperidine rings is 1. The second-order valence-corrected chi connectivity index (χ2v) is 5.08. The van der Waals surface area contributed by atoms with E-state index in [0.717, 1.165) is 25.9 Å². The monoisotopic (exact) mass is 242 g/mol. The lowest BCUT2D eigenvalue weighted by molar-refractivity contribution is -0.129. The molecule has 0 radical (unpaired) electrons. The molecule has 0 spiro atoms. The highest BCUT2D eigenvalue weighted by Gasteiger charge is 2.35. The highest BCUT2D eigenvalue weighted by atomic mass is 16.5. The minimum absolute atomic E-state index is 0.00223. The van der Waals surface area contributed by atoms with Crippen LogP contribution in [0.2, 0.25) is 0 Å². The molecule has 0 aliphatic carbocycles. The number of carbonyl (C=O) groups is 1. The van der Waals surface area contributed by atoms with Crippen LogP contribution in [0.4, 0.5) is 0 Å². The van der Waals surface area contributed by atoms with E-state index in [1.807, 2.05) is 0 Å². The average molecular weight is 242 g/mol. The van der Waals surface area contributed by atoms with Gasteiger partial charge in [0.05, 0.1) is 18.1 Å². The summed E-state index contributed by atoms with van der Waals surface area (Å²) in [6, 6.07) is 0. The van der Waals surface area contributed by atoms with E-state index in [4.69, 9.17) is 4.74 Å². The summed E-state index contributed by atoms with van der Waals surface area (Å²) in [5, 5.41) is 15.8. The van der Waals surface area contributed by atoms with Gasteiger partial charge in [-0.1, -0.05) is 0 Å². The van der Waals surface area contributed by atoms with Crippen LogP contribution in [-0.2, 0) is 9.53 Å². The maximum absolute atomic E-state index is 12.1. The Morgan fingerprint density at radius 3 is 2.82 bits per heavy atom. The van der Waals surface area contributed by atoms with Crippen molar-refractivity contribution in [3.05, 3.63) is 0 Å². The molecular weight excluding hydrogens is 220 g/mol. The fourth-order valence-corrected chi connectivity index (χ4v) is 2.52. The molecule has 0 saturated carbocycles. The Bertz CT molecular complexity index is 258. The van der Waals surface area contributed by atoms with Gasteiger partial charge < -0.3 is 20.5 Å². The van der Waals surface area contributed by atoms with E-state index in [-0.39, 0.29) is 18.4 Å². The lowest BCUT2D eigenvalue weighted by atomic mass is 9.89. The minimum atomic E-state index is -0.452. The first-order chi connectivity index (χ1) is 8.26. The van der Waals surface area contributed by atoms with Gasteiger partial charge in [0.1, 0.15) is 0 Å². The molecule has 2 rings (SSSR count). The van der Waals surface area contributed by atoms with Gasteiger partial charge in [0.2, 0.25) is 5.91 Å². The largest absolute Gasteiger partial charge is 0.394 e. The Labute approximate surface area is 102 Å². The van der Waals surface area contributed by atoms with Crippen LogP contribution >= 0.6 is 0 Å². The van der Waals surface area contributed by atoms with E-state index in [1.165, 1.54) is 0 Å². The van der Waals surface area contributed by atoms with Crippen LogP contribution < -0.4 is 10.6 Å². The van der Waals surface area contributed by atoms with Crippen LogP contribution in [0, 0.1) is 5.92 Å². The quantitative estimate of drug-likeness (QED) is 0.632. The van der Waals surface area contributed by atoms with Gasteiger partial charge in [-0.05, 0) is 32.2 Å². The van der Waals surface area contributed by atoms with Gasteiger partial charge in [-0.25, -0.2) is 0 Å². The Kier molecular flexibility index (Phi) is 4.36. The molecule has 0 aromatic carbocycles. The molecule has 98 valence electrons. The Morgan fingerprint density at radius 2 is 2.24 bits per heavy atom. The highest BCUT2D eigenvalue weighted by Crippen LogP contribution is 2.21. The molecule has 2 heterocycles. The van der Waals surface area contributed by atoms with Crippen molar-refractivity contribution in [2.75, 3.05) is 32.9 Å². The summed E-state index contributed by atoms with van der Waals surface area (Å²) in [5.41, 5.74) is -0.452. The predicted octanol–water partition coefficient (Wildman–Crippen LogP) is -0.356. The lowest BCUT2D eigenvalue weighted by Crippen LogP contribution is -2.57. The van der Waals surface area contributed by atoms with Crippen LogP contribution in [-0.4, -0.2) is 49.5 Å². The van der Waals surface area contributed by atoms with E-state index in [1.54, 1.807) is 0 Å². The number of hydrogen-bond donors (Lipinski definition) is 3. The van der Waals surface area contributed by atoms with E-state index in [9.17, 15) is 9.90 Å². The zero-order chi connectivity index (χ0) is 12.1. The van der Waals surface area contributed by atoms with Crippen LogP contribution in [0.15, 0.2) is 0 Å². The van der Waals surface area contributed by atoms with Crippen LogP contribution in [0.3, 0.4) is 0 Å². The van der Waals surface area contributed by atoms with Crippen LogP contribution in [0.25, 0.3) is 0 Å². The molecule has 1 unspecified atom stereocenters. The van der Waals surface area contributed by atoms with E-state index < -0.39 is 5.54 Å². The fraction of sp³-hybridized carbons (Fsp3) is 0.917. The fourth-order valence-electron chi connectivity index (χ4n) is 2.52. The topological polar surface area (TPSA) is 70.6 Å². The zero-order valence-corrected chi connectivity index (χ0v) is 10.2. The van der Waals surface area contributed by atoms with Crippen molar-refractivity contribution >= 4 is 5.91 Å². The summed E-state index contributed by atoms with van der Waals surface area (Å²) < 4.78 is 5.28. The number of rotatable bonds is 3. The minimum Gasteiger partial charge on any atom is -0.394 e. The molecule has 3 N–H and O–H groups in total. The van der Waals surface area contributed by atoms with E-state index in [0.29, 0.717) is 26.1 Å². The number of ether oxygens (including phenoxy) is 1. The van der Waals surface area contributed by atoms with E-state index in [2.05, 4.69) is 10.6 Å². The molecule has 2 aliphatic heterocycles. The van der Waals surface area contributed by atoms with Gasteiger partial charge >= 0.3 is 0 Å². The predicted molar refractivity (Wildman–Crippen MR) is 63.6 cm³/mol. The average Bonchev–Trinajstić information content (AvgIpc) is 2.41. The number of carbonyl (C=O) groups excluding carboxylic acids is 1. The Hall–Kier alpha value is -0.650. The third kappa shape index (κ3) is 3.18. The molecule has 2 aliphatic rings. The summed E-state index contributed by atoms with van der Waals surface area (Å²) in [6.07, 6.45) is 3.40. The summed E-state index contributed by atoms with van der Waals surface area (Å²) in [5.74, 6) is 0.128. The standard InChI is InChI=1S/C12H22N2O3/c15-9-12(3-6-17-7-4-12)14-11(16)10-2-1-5-13-8-10/h10,13,15H,1-9H2,(H,14,16). The van der Waals surface area contributed by atoms with Crippen molar-refractivity contribution in [2.24, 2.45) is 5.92 Å². The van der Waals surface area contributed by atoms with Crippen molar-refractivity contribution in [2.45, 2.75) is 31.2 Å². The molecule has 1 amide bonds. The van der Waals surface area contributed by atoms with Crippen LogP contribution in [0.5, 0.6) is 0 Å². The lowest BCUT2D eigenvalue weighted by Gasteiger charge is -2.37. The SMILES string of the molecule is O=C(NC1(CO)CCOCC1)C1CCCNC1. The summed E-state index contributed by atoms with van der Waals surface area (Å²) in [7, 11) is 0. The van der Waals surface area contributed by atoms with Crippen molar-refractivity contribution in [1.29, 1.82) is 0 Å². The molecule has 0 aromatic rings. The number of nitrogens with one attached hydrogen (secondary N) is 2. The van der Waals surface area contributed by atoms with E-state index >= 15 is 0 Å². The number of aliphatic hydroxyl groups excluding tert-OH is 1. The second-order valence-electron chi connectivity index (χ2n) is 5.08. The zero-order valence-electron chi connectivity index (χ0n) is 10.2. The Morgan fingerprint density at radius 1 is 1.47 bits per heavy atom. The maximum Gasteiger partial charge on any atom is 0.224 e. The normalized spacial score (nSPS) is 28.6. The van der Waals surface area contributed by atoms with Crippen molar-refractivity contribution in [3.63, 3.8) is 0 Å². The molecule has 2 saturated heterocycles. The smallest absolute Gasteiger partial charge is 0.224 e. The van der Waals surface area contributed by atoms with Gasteiger partial charge in [0.15, 0.2) is 0 Å². The number of hydrogen-bond acceptors (Lipinski definition) is 4. The molecule has 0 aromatic heterocycles. The number of aliphatic hydroxyl groups is 1. The second kappa shape index (κ2) is 5.80. The highest BCUT2D eigenvalue weighted by molar-refractivity contribution is 5.79. The summed E-state index contributed by atoms with van der Waals surface area (Å²) in [4.78, 5) is 12.1. The first-order valence-corrected chi connectivity index (χ1v) is 6.47. The molecule has 2 fully saturated rings. The molecule has 5 nitrogen and oxygen atoms in total. The van der Waals surface area contributed by atoms with Gasteiger partial charge in [-0.3, -0.25) is 4.79 Å². The molecule has 5 heteroatoms. The molecule has 1 atom stereocenters. The molecule has 0 bridgehead atoms. The first-order valence-electron chi connectivity index (χ1n) is 6.47. The van der Waals surface area contributed by atoms with Crippen LogP contribution in [0.1, 0.15) is 25.7 Å². The van der Waals surface area contributed by atoms with Gasteiger partial charge in [0, 0.05) is 19.8 Å². The summed E-state index contributed by atoms with van der Waals surface area (Å²) in [6.45, 7) is 2.99. The third-order valence-corrected chi connectivity index (χ3v) is 3.81. The van der Waals surface area contributed by atoms with Gasteiger partial charge in [0.25, 0.3) is 0 Å². The van der Waals surface area contributed by atoms with Crippen molar-refractivity contribution in [3.8, 4) is 0 Å². The van der Waals surface area contributed by atoms with Gasteiger partial charge in [-0.15, -0.1) is 0 Å².